The first kappa shape index (κ1) is 11.2. The summed E-state index contributed by atoms with van der Waals surface area (Å²) in [4.78, 5) is 11.8. The van der Waals surface area contributed by atoms with Crippen LogP contribution in [0, 0.1) is 11.3 Å². The average molecular weight is 252 g/mol. The molecule has 2 saturated carbocycles. The molecule has 0 aromatic rings. The van der Waals surface area contributed by atoms with Crippen LogP contribution >= 0.6 is 0 Å². The number of ether oxygens (including phenoxy) is 2. The van der Waals surface area contributed by atoms with Crippen LogP contribution < -0.4 is 0 Å². The van der Waals surface area contributed by atoms with E-state index < -0.39 is 16.8 Å². The van der Waals surface area contributed by atoms with Gasteiger partial charge in [-0.25, -0.2) is 0 Å². The molecule has 2 aliphatic carbocycles. The lowest BCUT2D eigenvalue weighted by molar-refractivity contribution is -0.206. The lowest BCUT2D eigenvalue weighted by Gasteiger charge is -2.49. The highest BCUT2D eigenvalue weighted by molar-refractivity contribution is 5.76. The predicted molar refractivity (Wildman–Crippen MR) is 62.8 cm³/mol. The van der Waals surface area contributed by atoms with Crippen molar-refractivity contribution in [2.75, 3.05) is 0 Å². The second kappa shape index (κ2) is 2.63. The molecule has 2 heterocycles. The van der Waals surface area contributed by atoms with E-state index in [4.69, 9.17) is 9.47 Å². The summed E-state index contributed by atoms with van der Waals surface area (Å²) in [5, 5.41) is 11.0. The van der Waals surface area contributed by atoms with Crippen LogP contribution in [0.4, 0.5) is 0 Å². The molecule has 2 saturated heterocycles. The van der Waals surface area contributed by atoms with Gasteiger partial charge in [0.15, 0.2) is 5.60 Å². The van der Waals surface area contributed by atoms with Crippen molar-refractivity contribution < 1.29 is 19.4 Å². The van der Waals surface area contributed by atoms with Crippen LogP contribution in [0.15, 0.2) is 0 Å². The number of hydrogen-bond acceptors (Lipinski definition) is 4. The fraction of sp³-hybridized carbons (Fsp3) is 0.929. The zero-order valence-electron chi connectivity index (χ0n) is 11.2. The fourth-order valence-corrected chi connectivity index (χ4v) is 5.16. The Balaban J connectivity index is 1.92. The highest BCUT2D eigenvalue weighted by Gasteiger charge is 2.89. The van der Waals surface area contributed by atoms with E-state index in [2.05, 4.69) is 20.8 Å². The minimum atomic E-state index is -1.01. The van der Waals surface area contributed by atoms with Crippen molar-refractivity contribution in [1.82, 2.24) is 0 Å². The van der Waals surface area contributed by atoms with Crippen molar-refractivity contribution in [2.24, 2.45) is 11.3 Å². The molecule has 2 aliphatic heterocycles. The van der Waals surface area contributed by atoms with E-state index in [0.29, 0.717) is 12.3 Å². The largest absolute Gasteiger partial charge is 0.453 e. The van der Waals surface area contributed by atoms with Gasteiger partial charge in [-0.1, -0.05) is 20.8 Å². The molecule has 0 aromatic carbocycles. The minimum Gasteiger partial charge on any atom is -0.453 e. The molecule has 0 unspecified atom stereocenters. The standard InChI is InChI=1S/C14H20O4/c1-8-4-5-12(16)6-9(15)17-13(12)7-11(2,3)10-14(8,13)18-10/h8,10,16H,4-7H2,1-3H3/t8-,10-,12+,13+,14-/m1/s1. The third-order valence-electron chi connectivity index (χ3n) is 5.89. The van der Waals surface area contributed by atoms with Gasteiger partial charge in [0.2, 0.25) is 0 Å². The Morgan fingerprint density at radius 3 is 2.78 bits per heavy atom. The van der Waals surface area contributed by atoms with Gasteiger partial charge in [-0.15, -0.1) is 0 Å². The van der Waals surface area contributed by atoms with Crippen LogP contribution in [-0.2, 0) is 14.3 Å². The van der Waals surface area contributed by atoms with Gasteiger partial charge in [-0.3, -0.25) is 4.79 Å². The van der Waals surface area contributed by atoms with E-state index in [9.17, 15) is 9.90 Å². The fourth-order valence-electron chi connectivity index (χ4n) is 5.16. The van der Waals surface area contributed by atoms with Crippen molar-refractivity contribution >= 4 is 5.97 Å². The average Bonchev–Trinajstić information content (AvgIpc) is 2.89. The Bertz CT molecular complexity index is 459. The summed E-state index contributed by atoms with van der Waals surface area (Å²) in [6.45, 7) is 6.46. The molecule has 4 nitrogen and oxygen atoms in total. The van der Waals surface area contributed by atoms with E-state index in [0.717, 1.165) is 12.8 Å². The maximum atomic E-state index is 11.8. The summed E-state index contributed by atoms with van der Waals surface area (Å²) >= 11 is 0. The maximum Gasteiger partial charge on any atom is 0.309 e. The van der Waals surface area contributed by atoms with E-state index in [1.165, 1.54) is 0 Å². The Labute approximate surface area is 107 Å². The third kappa shape index (κ3) is 0.874. The monoisotopic (exact) mass is 252 g/mol. The van der Waals surface area contributed by atoms with Crippen LogP contribution in [0.3, 0.4) is 0 Å². The second-order valence-electron chi connectivity index (χ2n) is 7.41. The first-order chi connectivity index (χ1) is 8.28. The zero-order chi connectivity index (χ0) is 13.0. The Hall–Kier alpha value is -0.610. The van der Waals surface area contributed by atoms with Gasteiger partial charge in [0.25, 0.3) is 0 Å². The molecule has 2 spiro atoms. The van der Waals surface area contributed by atoms with Crippen LogP contribution in [0.25, 0.3) is 0 Å². The van der Waals surface area contributed by atoms with E-state index in [1.54, 1.807) is 0 Å². The molecular weight excluding hydrogens is 232 g/mol. The zero-order valence-corrected chi connectivity index (χ0v) is 11.2. The summed E-state index contributed by atoms with van der Waals surface area (Å²) in [6, 6.07) is 0. The van der Waals surface area contributed by atoms with Crippen molar-refractivity contribution in [3.8, 4) is 0 Å². The Morgan fingerprint density at radius 1 is 1.39 bits per heavy atom. The SMILES string of the molecule is C[C@@H]1CC[C@]2(O)CC(=O)O[C@@]23CC(C)(C)[C@H]2O[C@]123. The first-order valence-electron chi connectivity index (χ1n) is 6.90. The second-order valence-corrected chi connectivity index (χ2v) is 7.41. The lowest BCUT2D eigenvalue weighted by atomic mass is 9.62. The smallest absolute Gasteiger partial charge is 0.309 e. The number of esters is 1. The number of carbonyl (C=O) groups excluding carboxylic acids is 1. The number of hydrogen-bond donors (Lipinski definition) is 1. The molecule has 4 heteroatoms. The molecule has 0 bridgehead atoms. The van der Waals surface area contributed by atoms with Crippen LogP contribution in [0.2, 0.25) is 0 Å². The van der Waals surface area contributed by atoms with Gasteiger partial charge >= 0.3 is 5.97 Å². The molecule has 4 aliphatic rings. The molecule has 100 valence electrons. The lowest BCUT2D eigenvalue weighted by Crippen LogP contribution is -2.64. The molecule has 1 N–H and O–H groups in total. The molecule has 18 heavy (non-hydrogen) atoms. The number of aliphatic hydroxyl groups is 1. The molecule has 4 rings (SSSR count). The van der Waals surface area contributed by atoms with E-state index in [1.807, 2.05) is 0 Å². The van der Waals surface area contributed by atoms with Gasteiger partial charge in [0, 0.05) is 6.42 Å². The molecular formula is C14H20O4. The summed E-state index contributed by atoms with van der Waals surface area (Å²) in [6.07, 6.45) is 2.53. The Morgan fingerprint density at radius 2 is 2.11 bits per heavy atom. The predicted octanol–water partition coefficient (Wildman–Crippen LogP) is 1.40. The van der Waals surface area contributed by atoms with Gasteiger partial charge < -0.3 is 14.6 Å². The molecule has 4 fully saturated rings. The molecule has 0 radical (unpaired) electrons. The summed E-state index contributed by atoms with van der Waals surface area (Å²) in [5.41, 5.74) is -2.26. The third-order valence-corrected chi connectivity index (χ3v) is 5.89. The first-order valence-corrected chi connectivity index (χ1v) is 6.90. The highest BCUT2D eigenvalue weighted by Crippen LogP contribution is 2.75. The number of rotatable bonds is 0. The van der Waals surface area contributed by atoms with Gasteiger partial charge in [0.1, 0.15) is 11.2 Å². The number of epoxide rings is 1. The van der Waals surface area contributed by atoms with E-state index >= 15 is 0 Å². The summed E-state index contributed by atoms with van der Waals surface area (Å²) < 4.78 is 11.8. The van der Waals surface area contributed by atoms with Crippen LogP contribution in [0.1, 0.15) is 46.5 Å². The maximum absolute atomic E-state index is 11.8. The quantitative estimate of drug-likeness (QED) is 0.523. The molecule has 0 aromatic heterocycles. The number of carbonyl (C=O) groups is 1. The van der Waals surface area contributed by atoms with Gasteiger partial charge in [0.05, 0.1) is 12.5 Å². The minimum absolute atomic E-state index is 0.0306. The van der Waals surface area contributed by atoms with Crippen molar-refractivity contribution in [3.05, 3.63) is 0 Å². The van der Waals surface area contributed by atoms with Crippen LogP contribution in [0.5, 0.6) is 0 Å². The highest BCUT2D eigenvalue weighted by atomic mass is 16.7. The van der Waals surface area contributed by atoms with Crippen molar-refractivity contribution in [2.45, 2.75) is 69.4 Å². The van der Waals surface area contributed by atoms with E-state index in [-0.39, 0.29) is 23.9 Å². The topological polar surface area (TPSA) is 59.1 Å². The van der Waals surface area contributed by atoms with Gasteiger partial charge in [-0.2, -0.15) is 0 Å². The van der Waals surface area contributed by atoms with Crippen LogP contribution in [-0.4, -0.2) is 34.0 Å². The molecule has 5 atom stereocenters. The van der Waals surface area contributed by atoms with Gasteiger partial charge in [-0.05, 0) is 24.2 Å². The molecule has 0 amide bonds. The normalized spacial score (nSPS) is 59.7. The van der Waals surface area contributed by atoms with Crippen molar-refractivity contribution in [1.29, 1.82) is 0 Å². The Kier molecular flexibility index (Phi) is 1.64. The summed E-state index contributed by atoms with van der Waals surface area (Å²) in [5.74, 6) is 0.0772. The summed E-state index contributed by atoms with van der Waals surface area (Å²) in [7, 11) is 0. The van der Waals surface area contributed by atoms with Crippen molar-refractivity contribution in [3.63, 3.8) is 0 Å².